The zero-order valence-electron chi connectivity index (χ0n) is 11.7. The maximum Gasteiger partial charge on any atom is 0.406 e. The van der Waals surface area contributed by atoms with Crippen LogP contribution in [0.4, 0.5) is 13.2 Å². The van der Waals surface area contributed by atoms with Crippen molar-refractivity contribution in [2.24, 2.45) is 0 Å². The van der Waals surface area contributed by atoms with Crippen molar-refractivity contribution in [3.8, 4) is 0 Å². The second kappa shape index (κ2) is 9.94. The minimum absolute atomic E-state index is 0.199. The molecule has 0 aromatic rings. The Morgan fingerprint density at radius 1 is 1.48 bits per heavy atom. The third-order valence-electron chi connectivity index (χ3n) is 2.21. The maximum atomic E-state index is 12.1. The number of thiol groups is 1. The summed E-state index contributed by atoms with van der Waals surface area (Å²) in [6, 6.07) is 0. The highest BCUT2D eigenvalue weighted by Gasteiger charge is 2.31. The lowest BCUT2D eigenvalue weighted by Crippen LogP contribution is -2.30. The van der Waals surface area contributed by atoms with Crippen LogP contribution in [0.25, 0.3) is 0 Å². The lowest BCUT2D eigenvalue weighted by Gasteiger charge is -2.25. The van der Waals surface area contributed by atoms with E-state index in [-0.39, 0.29) is 5.97 Å². The Labute approximate surface area is 136 Å². The molecule has 8 heteroatoms. The molecule has 120 valence electrons. The molecule has 0 amide bonds. The summed E-state index contributed by atoms with van der Waals surface area (Å²) in [5.41, 5.74) is 0.547. The van der Waals surface area contributed by atoms with Gasteiger partial charge in [-0.1, -0.05) is 6.08 Å². The van der Waals surface area contributed by atoms with Gasteiger partial charge in [0.2, 0.25) is 0 Å². The van der Waals surface area contributed by atoms with Gasteiger partial charge >= 0.3 is 12.1 Å². The number of carbonyl (C=O) groups is 1. The molecule has 21 heavy (non-hydrogen) atoms. The smallest absolute Gasteiger partial charge is 0.406 e. The van der Waals surface area contributed by atoms with Gasteiger partial charge in [0.1, 0.15) is 6.54 Å². The first-order valence-electron chi connectivity index (χ1n) is 5.96. The normalized spacial score (nSPS) is 16.2. The van der Waals surface area contributed by atoms with Crippen molar-refractivity contribution in [3.63, 3.8) is 0 Å². The molecule has 0 saturated heterocycles. The summed E-state index contributed by atoms with van der Waals surface area (Å²) in [7, 11) is 1.37. The molecule has 1 aliphatic rings. The van der Waals surface area contributed by atoms with Crippen molar-refractivity contribution in [3.05, 3.63) is 34.6 Å². The molecule has 0 aromatic carbocycles. The minimum Gasteiger partial charge on any atom is -0.469 e. The van der Waals surface area contributed by atoms with Gasteiger partial charge in [-0.2, -0.15) is 25.8 Å². The molecule has 1 heterocycles. The highest BCUT2D eigenvalue weighted by atomic mass is 79.9. The van der Waals surface area contributed by atoms with Crippen molar-refractivity contribution in [1.82, 2.24) is 4.90 Å². The topological polar surface area (TPSA) is 29.5 Å². The van der Waals surface area contributed by atoms with Gasteiger partial charge in [0.25, 0.3) is 0 Å². The summed E-state index contributed by atoms with van der Waals surface area (Å²) in [5, 5.41) is 0. The van der Waals surface area contributed by atoms with Crippen LogP contribution in [0.5, 0.6) is 0 Å². The van der Waals surface area contributed by atoms with Crippen molar-refractivity contribution in [2.45, 2.75) is 19.5 Å². The second-order valence-corrected chi connectivity index (χ2v) is 5.22. The molecule has 3 nitrogen and oxygen atoms in total. The van der Waals surface area contributed by atoms with Crippen LogP contribution < -0.4 is 0 Å². The number of methoxy groups -OCH3 is 1. The molecule has 0 aliphatic carbocycles. The van der Waals surface area contributed by atoms with E-state index < -0.39 is 12.7 Å². The summed E-state index contributed by atoms with van der Waals surface area (Å²) in [6.07, 6.45) is 2.61. The van der Waals surface area contributed by atoms with Crippen LogP contribution in [-0.4, -0.2) is 36.5 Å². The van der Waals surface area contributed by atoms with Gasteiger partial charge in [-0.25, -0.2) is 0 Å². The van der Waals surface area contributed by atoms with E-state index in [1.807, 2.05) is 0 Å². The highest BCUT2D eigenvalue weighted by Crippen LogP contribution is 2.25. The van der Waals surface area contributed by atoms with Gasteiger partial charge in [-0.05, 0) is 35.0 Å². The van der Waals surface area contributed by atoms with Crippen molar-refractivity contribution >= 4 is 34.5 Å². The van der Waals surface area contributed by atoms with Crippen LogP contribution in [-0.2, 0) is 9.53 Å². The largest absolute Gasteiger partial charge is 0.469 e. The second-order valence-electron chi connectivity index (χ2n) is 3.85. The van der Waals surface area contributed by atoms with E-state index in [0.717, 1.165) is 4.90 Å². The first-order valence-corrected chi connectivity index (χ1v) is 7.38. The molecule has 1 rings (SSSR count). The molecule has 0 atom stereocenters. The minimum atomic E-state index is -4.19. The summed E-state index contributed by atoms with van der Waals surface area (Å²) in [4.78, 5) is 11.3. The van der Waals surface area contributed by atoms with Crippen LogP contribution in [0.1, 0.15) is 13.3 Å². The summed E-state index contributed by atoms with van der Waals surface area (Å²) in [5.74, 6) is 0.363. The molecule has 0 aromatic heterocycles. The lowest BCUT2D eigenvalue weighted by molar-refractivity contribution is -0.140. The number of carbonyl (C=O) groups excluding carboxylic acids is 1. The van der Waals surface area contributed by atoms with Crippen LogP contribution in [0.15, 0.2) is 34.6 Å². The zero-order valence-corrected chi connectivity index (χ0v) is 14.1. The Morgan fingerprint density at radius 3 is 2.48 bits per heavy atom. The number of nitrogens with zero attached hydrogens (tertiary/aromatic N) is 1. The molecule has 0 unspecified atom stereocenters. The molecule has 0 fully saturated rings. The average Bonchev–Trinajstić information content (AvgIpc) is 2.38. The van der Waals surface area contributed by atoms with E-state index >= 15 is 0 Å². The Hall–Kier alpha value is -0.890. The number of esters is 1. The highest BCUT2D eigenvalue weighted by molar-refractivity contribution is 9.11. The summed E-state index contributed by atoms with van der Waals surface area (Å²) in [6.45, 7) is 0.738. The first kappa shape index (κ1) is 20.1. The monoisotopic (exact) mass is 387 g/mol. The standard InChI is InChI=1S/C9H9BrF3N.C4H8O2S/c1-2-8-4-3-7(10)5-14(8)6-9(11,12)13;1-6-4(5)2-3-7/h2-5H,6H2,1H3;7H,2-3H2,1H3. The van der Waals surface area contributed by atoms with E-state index in [9.17, 15) is 18.0 Å². The molecule has 0 saturated carbocycles. The van der Waals surface area contributed by atoms with Gasteiger partial charge in [0, 0.05) is 22.1 Å². The van der Waals surface area contributed by atoms with E-state index in [2.05, 4.69) is 33.3 Å². The molecular formula is C13H17BrF3NO2S. The van der Waals surface area contributed by atoms with Crippen molar-refractivity contribution in [1.29, 1.82) is 0 Å². The third-order valence-corrected chi connectivity index (χ3v) is 2.91. The molecule has 0 bridgehead atoms. The quantitative estimate of drug-likeness (QED) is 0.585. The number of rotatable bonds is 3. The van der Waals surface area contributed by atoms with Gasteiger partial charge in [0.05, 0.1) is 13.5 Å². The molecule has 1 aliphatic heterocycles. The Balaban J connectivity index is 0.000000486. The van der Waals surface area contributed by atoms with Crippen molar-refractivity contribution < 1.29 is 22.7 Å². The van der Waals surface area contributed by atoms with Crippen LogP contribution in [0.2, 0.25) is 0 Å². The molecular weight excluding hydrogens is 371 g/mol. The number of hydrogen-bond donors (Lipinski definition) is 1. The summed E-state index contributed by atoms with van der Waals surface area (Å²) >= 11 is 6.94. The fourth-order valence-corrected chi connectivity index (χ4v) is 1.87. The maximum absolute atomic E-state index is 12.1. The number of ether oxygens (including phenoxy) is 1. The van der Waals surface area contributed by atoms with Crippen LogP contribution in [0, 0.1) is 0 Å². The van der Waals surface area contributed by atoms with Gasteiger partial charge < -0.3 is 9.64 Å². The third kappa shape index (κ3) is 9.62. The predicted octanol–water partition coefficient (Wildman–Crippen LogP) is 4.04. The van der Waals surface area contributed by atoms with E-state index in [0.29, 0.717) is 22.4 Å². The fraction of sp³-hybridized carbons (Fsp3) is 0.462. The van der Waals surface area contributed by atoms with Crippen LogP contribution >= 0.6 is 28.6 Å². The molecule has 0 spiro atoms. The average molecular weight is 388 g/mol. The van der Waals surface area contributed by atoms with Crippen LogP contribution in [0.3, 0.4) is 0 Å². The number of allylic oxidation sites excluding steroid dienone is 4. The first-order chi connectivity index (χ1) is 9.73. The predicted molar refractivity (Wildman–Crippen MR) is 83.2 cm³/mol. The Kier molecular flexibility index (Phi) is 9.52. The van der Waals surface area contributed by atoms with Crippen molar-refractivity contribution in [2.75, 3.05) is 19.4 Å². The molecule has 0 N–H and O–H groups in total. The Bertz CT molecular complexity index is 434. The van der Waals surface area contributed by atoms with E-state index in [1.54, 1.807) is 25.2 Å². The van der Waals surface area contributed by atoms with Gasteiger partial charge in [-0.15, -0.1) is 0 Å². The SMILES string of the molecule is CC=C1C=CC(Br)=CN1CC(F)(F)F.COC(=O)CCS. The number of halogens is 4. The zero-order chi connectivity index (χ0) is 16.5. The fourth-order valence-electron chi connectivity index (χ4n) is 1.31. The molecule has 0 radical (unpaired) electrons. The van der Waals surface area contributed by atoms with Gasteiger partial charge in [0.15, 0.2) is 0 Å². The number of alkyl halides is 3. The Morgan fingerprint density at radius 2 is 2.10 bits per heavy atom. The lowest BCUT2D eigenvalue weighted by atomic mass is 10.2. The van der Waals surface area contributed by atoms with E-state index in [1.165, 1.54) is 13.3 Å². The summed E-state index contributed by atoms with van der Waals surface area (Å²) < 4.78 is 41.4. The number of hydrogen-bond acceptors (Lipinski definition) is 4. The van der Waals surface area contributed by atoms with E-state index in [4.69, 9.17) is 0 Å². The van der Waals surface area contributed by atoms with Gasteiger partial charge in [-0.3, -0.25) is 4.79 Å².